The molecule has 3 rings (SSSR count). The fraction of sp³-hybridized carbons (Fsp3) is 0.0556. The third-order valence-electron chi connectivity index (χ3n) is 3.37. The van der Waals surface area contributed by atoms with Crippen molar-refractivity contribution in [1.82, 2.24) is 0 Å². The maximum atomic E-state index is 12.1. The third kappa shape index (κ3) is 4.17. The maximum absolute atomic E-state index is 12.1. The normalized spacial score (nSPS) is 10.8. The average molecular weight is 397 g/mol. The van der Waals surface area contributed by atoms with E-state index in [2.05, 4.69) is 23.5 Å². The zero-order valence-electron chi connectivity index (χ0n) is 12.4. The minimum absolute atomic E-state index is 0.159. The predicted octanol–water partition coefficient (Wildman–Crippen LogP) is 6.53. The van der Waals surface area contributed by atoms with Crippen molar-refractivity contribution < 1.29 is 4.79 Å². The van der Waals surface area contributed by atoms with E-state index in [0.717, 1.165) is 10.3 Å². The van der Waals surface area contributed by atoms with Crippen molar-refractivity contribution in [2.24, 2.45) is 0 Å². The van der Waals surface area contributed by atoms with Gasteiger partial charge in [0.05, 0.1) is 26.5 Å². The molecule has 0 aliphatic heterocycles. The number of carbonyl (C=O) groups is 1. The van der Waals surface area contributed by atoms with E-state index in [0.29, 0.717) is 20.8 Å². The van der Waals surface area contributed by atoms with Crippen molar-refractivity contribution in [1.29, 1.82) is 0 Å². The molecule has 0 spiro atoms. The molecular weight excluding hydrogens is 385 g/mol. The average Bonchev–Trinajstić information content (AvgIpc) is 2.57. The molecule has 24 heavy (non-hydrogen) atoms. The summed E-state index contributed by atoms with van der Waals surface area (Å²) in [6.07, 6.45) is 0. The Morgan fingerprint density at radius 2 is 1.58 bits per heavy atom. The topological polar surface area (TPSA) is 29.1 Å². The number of hydrogen-bond acceptors (Lipinski definition) is 2. The van der Waals surface area contributed by atoms with Crippen LogP contribution in [0.25, 0.3) is 10.8 Å². The van der Waals surface area contributed by atoms with Gasteiger partial charge in [-0.1, -0.05) is 65.1 Å². The summed E-state index contributed by atoms with van der Waals surface area (Å²) < 4.78 is 0. The minimum Gasteiger partial charge on any atom is -0.324 e. The molecule has 3 aromatic rings. The molecule has 0 aromatic heterocycles. The Labute approximate surface area is 159 Å². The van der Waals surface area contributed by atoms with Crippen molar-refractivity contribution >= 4 is 68.9 Å². The zero-order valence-corrected chi connectivity index (χ0v) is 15.4. The number of fused-ring (bicyclic) bond motifs is 1. The summed E-state index contributed by atoms with van der Waals surface area (Å²) in [4.78, 5) is 13.2. The summed E-state index contributed by atoms with van der Waals surface area (Å²) in [5.41, 5.74) is 0.454. The second-order valence-corrected chi connectivity index (χ2v) is 7.36. The first-order chi connectivity index (χ1) is 11.5. The number of anilines is 1. The van der Waals surface area contributed by atoms with Gasteiger partial charge < -0.3 is 5.32 Å². The Morgan fingerprint density at radius 1 is 0.875 bits per heavy atom. The van der Waals surface area contributed by atoms with Gasteiger partial charge in [0.15, 0.2) is 0 Å². The SMILES string of the molecule is O=C(CSc1ccc2ccccc2c1)Nc1cc(Cl)c(Cl)cc1Cl. The standard InChI is InChI=1S/C18H12Cl3NOS/c19-14-8-16(21)17(9-15(14)20)22-18(23)10-24-13-6-5-11-3-1-2-4-12(11)7-13/h1-9H,10H2,(H,22,23). The molecule has 122 valence electrons. The molecule has 3 aromatic carbocycles. The quantitative estimate of drug-likeness (QED) is 0.401. The largest absolute Gasteiger partial charge is 0.324 e. The summed E-state index contributed by atoms with van der Waals surface area (Å²) in [7, 11) is 0. The van der Waals surface area contributed by atoms with Gasteiger partial charge in [0, 0.05) is 4.90 Å². The molecule has 0 fully saturated rings. The molecule has 0 heterocycles. The lowest BCUT2D eigenvalue weighted by Crippen LogP contribution is -2.14. The smallest absolute Gasteiger partial charge is 0.234 e. The Hall–Kier alpha value is -1.39. The van der Waals surface area contributed by atoms with Gasteiger partial charge in [-0.15, -0.1) is 11.8 Å². The van der Waals surface area contributed by atoms with Crippen molar-refractivity contribution in [2.75, 3.05) is 11.1 Å². The highest BCUT2D eigenvalue weighted by atomic mass is 35.5. The van der Waals surface area contributed by atoms with Crippen LogP contribution in [0.4, 0.5) is 5.69 Å². The first-order valence-corrected chi connectivity index (χ1v) is 9.21. The Kier molecular flexibility index (Phi) is 5.57. The Bertz CT molecular complexity index is 914. The van der Waals surface area contributed by atoms with Gasteiger partial charge >= 0.3 is 0 Å². The van der Waals surface area contributed by atoms with Crippen LogP contribution < -0.4 is 5.32 Å². The van der Waals surface area contributed by atoms with Gasteiger partial charge in [0.25, 0.3) is 0 Å². The van der Waals surface area contributed by atoms with Crippen molar-refractivity contribution in [3.8, 4) is 0 Å². The first-order valence-electron chi connectivity index (χ1n) is 7.09. The molecule has 0 atom stereocenters. The molecule has 0 radical (unpaired) electrons. The monoisotopic (exact) mass is 395 g/mol. The highest BCUT2D eigenvalue weighted by Crippen LogP contribution is 2.32. The lowest BCUT2D eigenvalue weighted by molar-refractivity contribution is -0.113. The van der Waals surface area contributed by atoms with E-state index in [1.165, 1.54) is 23.2 Å². The molecule has 0 unspecified atom stereocenters. The summed E-state index contributed by atoms with van der Waals surface area (Å²) in [6, 6.07) is 17.3. The van der Waals surface area contributed by atoms with E-state index < -0.39 is 0 Å². The predicted molar refractivity (Wildman–Crippen MR) is 105 cm³/mol. The molecular formula is C18H12Cl3NOS. The van der Waals surface area contributed by atoms with Gasteiger partial charge in [0.2, 0.25) is 5.91 Å². The van der Waals surface area contributed by atoms with Crippen LogP contribution in [-0.2, 0) is 4.79 Å². The lowest BCUT2D eigenvalue weighted by atomic mass is 10.1. The number of hydrogen-bond donors (Lipinski definition) is 1. The fourth-order valence-corrected chi connectivity index (χ4v) is 3.55. The van der Waals surface area contributed by atoms with Crippen LogP contribution in [-0.4, -0.2) is 11.7 Å². The summed E-state index contributed by atoms with van der Waals surface area (Å²) in [5, 5.41) is 6.13. The summed E-state index contributed by atoms with van der Waals surface area (Å²) >= 11 is 19.4. The number of halogens is 3. The summed E-state index contributed by atoms with van der Waals surface area (Å²) in [6.45, 7) is 0. The second kappa shape index (κ2) is 7.66. The highest BCUT2D eigenvalue weighted by molar-refractivity contribution is 8.00. The van der Waals surface area contributed by atoms with E-state index in [-0.39, 0.29) is 11.7 Å². The van der Waals surface area contributed by atoms with Crippen LogP contribution in [0.2, 0.25) is 15.1 Å². The van der Waals surface area contributed by atoms with Crippen molar-refractivity contribution in [3.63, 3.8) is 0 Å². The molecule has 1 amide bonds. The highest BCUT2D eigenvalue weighted by Gasteiger charge is 2.10. The van der Waals surface area contributed by atoms with E-state index in [1.54, 1.807) is 6.07 Å². The van der Waals surface area contributed by atoms with Crippen LogP contribution >= 0.6 is 46.6 Å². The summed E-state index contributed by atoms with van der Waals surface area (Å²) in [5.74, 6) is 0.114. The first kappa shape index (κ1) is 17.4. The minimum atomic E-state index is -0.159. The number of benzene rings is 3. The Balaban J connectivity index is 1.65. The van der Waals surface area contributed by atoms with E-state index in [1.807, 2.05) is 24.3 Å². The van der Waals surface area contributed by atoms with Gasteiger partial charge in [-0.25, -0.2) is 0 Å². The van der Waals surface area contributed by atoms with Crippen LogP contribution in [0.15, 0.2) is 59.5 Å². The van der Waals surface area contributed by atoms with Gasteiger partial charge in [0.1, 0.15) is 0 Å². The second-order valence-electron chi connectivity index (χ2n) is 5.09. The number of rotatable bonds is 4. The van der Waals surface area contributed by atoms with Crippen LogP contribution in [0.1, 0.15) is 0 Å². The van der Waals surface area contributed by atoms with Gasteiger partial charge in [-0.3, -0.25) is 4.79 Å². The molecule has 6 heteroatoms. The molecule has 0 aliphatic rings. The lowest BCUT2D eigenvalue weighted by Gasteiger charge is -2.09. The number of nitrogens with one attached hydrogen (secondary N) is 1. The van der Waals surface area contributed by atoms with E-state index in [4.69, 9.17) is 34.8 Å². The molecule has 0 bridgehead atoms. The van der Waals surface area contributed by atoms with Crippen LogP contribution in [0.5, 0.6) is 0 Å². The zero-order chi connectivity index (χ0) is 17.1. The molecule has 0 aliphatic carbocycles. The number of thioether (sulfide) groups is 1. The van der Waals surface area contributed by atoms with Crippen molar-refractivity contribution in [3.05, 3.63) is 69.7 Å². The molecule has 0 saturated carbocycles. The Morgan fingerprint density at radius 3 is 2.38 bits per heavy atom. The molecule has 0 saturated heterocycles. The third-order valence-corrected chi connectivity index (χ3v) is 5.40. The van der Waals surface area contributed by atoms with Crippen LogP contribution in [0, 0.1) is 0 Å². The number of carbonyl (C=O) groups excluding carboxylic acids is 1. The van der Waals surface area contributed by atoms with Gasteiger partial charge in [-0.05, 0) is 35.0 Å². The van der Waals surface area contributed by atoms with Crippen molar-refractivity contribution in [2.45, 2.75) is 4.90 Å². The van der Waals surface area contributed by atoms with Crippen LogP contribution in [0.3, 0.4) is 0 Å². The van der Waals surface area contributed by atoms with E-state index in [9.17, 15) is 4.79 Å². The van der Waals surface area contributed by atoms with E-state index >= 15 is 0 Å². The maximum Gasteiger partial charge on any atom is 0.234 e. The van der Waals surface area contributed by atoms with Gasteiger partial charge in [-0.2, -0.15) is 0 Å². The number of amides is 1. The molecule has 2 nitrogen and oxygen atoms in total. The molecule has 1 N–H and O–H groups in total. The fourth-order valence-electron chi connectivity index (χ4n) is 2.21.